The van der Waals surface area contributed by atoms with Crippen molar-refractivity contribution in [1.82, 2.24) is 19.3 Å². The Morgan fingerprint density at radius 1 is 0.732 bits per heavy atom. The summed E-state index contributed by atoms with van der Waals surface area (Å²) in [6.45, 7) is 0. The Morgan fingerprint density at radius 3 is 1.78 bits per heavy atom. The summed E-state index contributed by atoms with van der Waals surface area (Å²) in [7, 11) is -4.48. The highest BCUT2D eigenvalue weighted by molar-refractivity contribution is 7.90. The molecule has 3 aromatic carbocycles. The molecule has 0 aliphatic rings. The third-order valence-electron chi connectivity index (χ3n) is 5.62. The van der Waals surface area contributed by atoms with Crippen LogP contribution in [0.3, 0.4) is 0 Å². The van der Waals surface area contributed by atoms with Crippen LogP contribution in [-0.2, 0) is 22.4 Å². The summed E-state index contributed by atoms with van der Waals surface area (Å²) in [5, 5.41) is 7.45. The second-order valence-corrected chi connectivity index (χ2v) is 11.2. The molecule has 16 heteroatoms. The van der Waals surface area contributed by atoms with Crippen molar-refractivity contribution >= 4 is 33.0 Å². The Morgan fingerprint density at radius 2 is 1.24 bits per heavy atom. The van der Waals surface area contributed by atoms with Gasteiger partial charge in [0.2, 0.25) is 16.5 Å². The molecule has 0 atom stereocenters. The van der Waals surface area contributed by atoms with Crippen molar-refractivity contribution < 1.29 is 34.8 Å². The van der Waals surface area contributed by atoms with Gasteiger partial charge in [-0.3, -0.25) is 9.13 Å². The number of alkyl halides is 6. The fourth-order valence-electron chi connectivity index (χ4n) is 3.84. The number of benzene rings is 3. The maximum absolute atomic E-state index is 13.4. The highest BCUT2D eigenvalue weighted by Crippen LogP contribution is 2.36. The Hall–Kier alpha value is -3.95. The predicted molar refractivity (Wildman–Crippen MR) is 138 cm³/mol. The highest BCUT2D eigenvalue weighted by Gasteiger charge is 2.45. The molecule has 5 aromatic rings. The topological polar surface area (TPSA) is 82.1 Å². The van der Waals surface area contributed by atoms with E-state index in [-0.39, 0.29) is 9.37 Å². The fourth-order valence-corrected chi connectivity index (χ4v) is 6.08. The van der Waals surface area contributed by atoms with Crippen molar-refractivity contribution in [3.05, 3.63) is 106 Å². The van der Waals surface area contributed by atoms with Crippen LogP contribution in [0.25, 0.3) is 22.6 Å². The van der Waals surface area contributed by atoms with Gasteiger partial charge >= 0.3 is 12.4 Å². The predicted octanol–water partition coefficient (Wildman–Crippen LogP) is 6.77. The van der Waals surface area contributed by atoms with E-state index >= 15 is 0 Å². The minimum Gasteiger partial charge on any atom is -0.284 e. The molecule has 0 spiro atoms. The Bertz CT molecular complexity index is 1850. The third-order valence-corrected chi connectivity index (χ3v) is 8.10. The minimum absolute atomic E-state index is 0.0350. The zero-order valence-electron chi connectivity index (χ0n) is 20.1. The van der Waals surface area contributed by atoms with Crippen LogP contribution < -0.4 is 4.80 Å². The summed E-state index contributed by atoms with van der Waals surface area (Å²) < 4.78 is 112. The number of hydrogen-bond acceptors (Lipinski definition) is 5. The molecule has 0 bridgehead atoms. The summed E-state index contributed by atoms with van der Waals surface area (Å²) in [6.07, 6.45) is -10.5. The van der Waals surface area contributed by atoms with Gasteiger partial charge in [-0.05, 0) is 54.1 Å². The van der Waals surface area contributed by atoms with Gasteiger partial charge in [0.15, 0.2) is 0 Å². The maximum atomic E-state index is 13.4. The van der Waals surface area contributed by atoms with Gasteiger partial charge < -0.3 is 0 Å². The van der Waals surface area contributed by atoms with Crippen LogP contribution >= 0.6 is 22.9 Å². The van der Waals surface area contributed by atoms with E-state index in [9.17, 15) is 34.8 Å². The Labute approximate surface area is 236 Å². The molecule has 0 N–H and O–H groups in total. The minimum atomic E-state index is -5.26. The molecule has 212 valence electrons. The smallest absolute Gasteiger partial charge is 0.284 e. The van der Waals surface area contributed by atoms with E-state index in [1.165, 1.54) is 0 Å². The number of rotatable bonds is 5. The molecule has 2 heterocycles. The zero-order valence-corrected chi connectivity index (χ0v) is 22.5. The molecule has 5 rings (SSSR count). The van der Waals surface area contributed by atoms with Crippen LogP contribution in [0.2, 0.25) is 5.02 Å². The van der Waals surface area contributed by atoms with Gasteiger partial charge in [-0.25, -0.2) is 0 Å². The summed E-state index contributed by atoms with van der Waals surface area (Å²) in [4.78, 5) is -0.429. The molecule has 7 nitrogen and oxygen atoms in total. The highest BCUT2D eigenvalue weighted by atomic mass is 35.5. The van der Waals surface area contributed by atoms with E-state index in [2.05, 4.69) is 14.6 Å². The summed E-state index contributed by atoms with van der Waals surface area (Å²) in [5.74, 6) is -3.83. The molecule has 0 radical (unpaired) electrons. The molecule has 0 amide bonds. The summed E-state index contributed by atoms with van der Waals surface area (Å²) in [5.41, 5.74) is 1.28. The molecule has 2 aromatic heterocycles. The largest absolute Gasteiger partial charge is 0.452 e. The molecule has 0 unspecified atom stereocenters. The number of thiazole rings is 1. The van der Waals surface area contributed by atoms with Crippen LogP contribution in [0.1, 0.15) is 11.6 Å². The SMILES string of the molecule is O=S(=O)(/N=c1/scc(-c2ccccc2)n1-c1ccc(Cl)cc1)c1ccc(-n2c(C(F)(F)F)nnc2C(F)(F)F)cc1. The average molecular weight is 630 g/mol. The van der Waals surface area contributed by atoms with Crippen molar-refractivity contribution in [1.29, 1.82) is 0 Å². The van der Waals surface area contributed by atoms with Gasteiger partial charge in [0.05, 0.1) is 10.6 Å². The van der Waals surface area contributed by atoms with Gasteiger partial charge in [-0.1, -0.05) is 41.9 Å². The van der Waals surface area contributed by atoms with Crippen molar-refractivity contribution in [2.45, 2.75) is 17.2 Å². The number of aromatic nitrogens is 4. The summed E-state index contributed by atoms with van der Waals surface area (Å²) >= 11 is 7.03. The van der Waals surface area contributed by atoms with E-state index in [1.807, 2.05) is 18.2 Å². The Balaban J connectivity index is 1.61. The molecule has 0 aliphatic heterocycles. The van der Waals surface area contributed by atoms with Crippen molar-refractivity contribution in [2.75, 3.05) is 0 Å². The van der Waals surface area contributed by atoms with E-state index in [4.69, 9.17) is 11.6 Å². The molecule has 0 saturated carbocycles. The lowest BCUT2D eigenvalue weighted by Gasteiger charge is -2.13. The van der Waals surface area contributed by atoms with Gasteiger partial charge in [-0.2, -0.15) is 34.8 Å². The lowest BCUT2D eigenvalue weighted by Crippen LogP contribution is -2.19. The quantitative estimate of drug-likeness (QED) is 0.201. The normalized spacial score (nSPS) is 13.1. The number of halogens is 7. The van der Waals surface area contributed by atoms with Gasteiger partial charge in [-0.15, -0.1) is 25.9 Å². The summed E-state index contributed by atoms with van der Waals surface area (Å²) in [6, 6.07) is 18.9. The number of hydrogen-bond donors (Lipinski definition) is 0. The first-order chi connectivity index (χ1) is 19.3. The molecular formula is C25H14ClF6N5O2S2. The van der Waals surface area contributed by atoms with Crippen LogP contribution in [0.5, 0.6) is 0 Å². The molecule has 0 fully saturated rings. The van der Waals surface area contributed by atoms with E-state index in [1.54, 1.807) is 46.3 Å². The van der Waals surface area contributed by atoms with Crippen LogP contribution in [0.15, 0.2) is 93.5 Å². The van der Waals surface area contributed by atoms with E-state index in [0.717, 1.165) is 41.2 Å². The second kappa shape index (κ2) is 10.5. The van der Waals surface area contributed by atoms with Gasteiger partial charge in [0.1, 0.15) is 0 Å². The first kappa shape index (κ1) is 28.6. The first-order valence-corrected chi connectivity index (χ1v) is 14.0. The van der Waals surface area contributed by atoms with Crippen molar-refractivity contribution in [3.63, 3.8) is 0 Å². The number of nitrogens with zero attached hydrogens (tertiary/aromatic N) is 5. The molecule has 0 saturated heterocycles. The van der Waals surface area contributed by atoms with Crippen molar-refractivity contribution in [3.8, 4) is 22.6 Å². The van der Waals surface area contributed by atoms with Crippen LogP contribution in [0.4, 0.5) is 26.3 Å². The second-order valence-electron chi connectivity index (χ2n) is 8.32. The lowest BCUT2D eigenvalue weighted by atomic mass is 10.1. The van der Waals surface area contributed by atoms with Crippen LogP contribution in [0, 0.1) is 0 Å². The van der Waals surface area contributed by atoms with E-state index < -0.39 is 44.6 Å². The van der Waals surface area contributed by atoms with Crippen molar-refractivity contribution in [2.24, 2.45) is 4.40 Å². The average Bonchev–Trinajstić information content (AvgIpc) is 3.55. The fraction of sp³-hybridized carbons (Fsp3) is 0.0800. The molecule has 41 heavy (non-hydrogen) atoms. The van der Waals surface area contributed by atoms with Gasteiger partial charge in [0, 0.05) is 21.8 Å². The Kier molecular flexibility index (Phi) is 7.29. The first-order valence-electron chi connectivity index (χ1n) is 11.3. The maximum Gasteiger partial charge on any atom is 0.452 e. The molecular weight excluding hydrogens is 616 g/mol. The van der Waals surface area contributed by atoms with Crippen LogP contribution in [-0.4, -0.2) is 27.7 Å². The monoisotopic (exact) mass is 629 g/mol. The standard InChI is InChI=1S/C25H14ClF6N5O2S2/c26-16-6-8-17(9-7-16)36-20(15-4-2-1-3-5-15)14-40-23(36)35-41(38,39)19-12-10-18(11-13-19)37-21(24(27,28)29)33-34-22(37)25(30,31)32/h1-14H/b35-23+. The molecule has 0 aliphatic carbocycles. The van der Waals surface area contributed by atoms with Gasteiger partial charge in [0.25, 0.3) is 10.0 Å². The zero-order chi connectivity index (χ0) is 29.6. The number of sulfonamides is 1. The van der Waals surface area contributed by atoms with E-state index in [0.29, 0.717) is 16.4 Å². The lowest BCUT2D eigenvalue weighted by molar-refractivity contribution is -0.153. The third kappa shape index (κ3) is 5.78.